The number of nitrogens with zero attached hydrogens (tertiary/aromatic N) is 3. The molecule has 33 heavy (non-hydrogen) atoms. The minimum absolute atomic E-state index is 0.120. The molecule has 0 saturated heterocycles. The number of anilines is 3. The molecule has 0 aliphatic heterocycles. The van der Waals surface area contributed by atoms with Crippen molar-refractivity contribution >= 4 is 35.1 Å². The Bertz CT molecular complexity index is 991. The van der Waals surface area contributed by atoms with E-state index in [9.17, 15) is 4.79 Å². The van der Waals surface area contributed by atoms with Gasteiger partial charge in [-0.3, -0.25) is 0 Å². The molecule has 2 aliphatic rings. The molecule has 9 heteroatoms. The Labute approximate surface area is 200 Å². The fraction of sp³-hybridized carbons (Fsp3) is 0.542. The topological polar surface area (TPSA) is 91.4 Å². The van der Waals surface area contributed by atoms with Crippen LogP contribution in [-0.2, 0) is 12.8 Å². The molecular weight excluding hydrogens is 440 g/mol. The highest BCUT2D eigenvalue weighted by molar-refractivity contribution is 6.31. The van der Waals surface area contributed by atoms with Crippen LogP contribution in [0.15, 0.2) is 18.2 Å². The van der Waals surface area contributed by atoms with E-state index in [0.717, 1.165) is 50.3 Å². The normalized spacial score (nSPS) is 19.9. The first-order valence-electron chi connectivity index (χ1n) is 11.7. The molecule has 178 valence electrons. The van der Waals surface area contributed by atoms with Gasteiger partial charge in [-0.05, 0) is 69.6 Å². The highest BCUT2D eigenvalue weighted by Gasteiger charge is 2.25. The van der Waals surface area contributed by atoms with E-state index < -0.39 is 0 Å². The molecule has 1 heterocycles. The molecule has 1 aromatic heterocycles. The van der Waals surface area contributed by atoms with Gasteiger partial charge in [0.05, 0.1) is 18.5 Å². The van der Waals surface area contributed by atoms with E-state index in [1.807, 2.05) is 14.1 Å². The molecule has 1 aromatic carbocycles. The van der Waals surface area contributed by atoms with Crippen LogP contribution in [0.2, 0.25) is 5.02 Å². The molecule has 2 amide bonds. The number of hydrogen-bond acceptors (Lipinski definition) is 6. The Morgan fingerprint density at radius 2 is 1.82 bits per heavy atom. The largest absolute Gasteiger partial charge is 0.495 e. The second-order valence-corrected chi connectivity index (χ2v) is 9.47. The molecule has 0 bridgehead atoms. The maximum atomic E-state index is 12.5. The number of urea groups is 1. The number of aromatic nitrogens is 2. The van der Waals surface area contributed by atoms with Crippen LogP contribution >= 0.6 is 11.6 Å². The van der Waals surface area contributed by atoms with Gasteiger partial charge in [-0.1, -0.05) is 11.6 Å². The van der Waals surface area contributed by atoms with E-state index in [1.54, 1.807) is 25.3 Å². The van der Waals surface area contributed by atoms with Crippen molar-refractivity contribution < 1.29 is 9.53 Å². The Morgan fingerprint density at radius 3 is 2.55 bits per heavy atom. The summed E-state index contributed by atoms with van der Waals surface area (Å²) in [5.41, 5.74) is 3.04. The van der Waals surface area contributed by atoms with Crippen LogP contribution in [0.1, 0.15) is 49.8 Å². The third kappa shape index (κ3) is 5.79. The molecule has 4 rings (SSSR count). The van der Waals surface area contributed by atoms with Gasteiger partial charge in [-0.15, -0.1) is 0 Å². The van der Waals surface area contributed by atoms with E-state index in [2.05, 4.69) is 20.9 Å². The van der Waals surface area contributed by atoms with Gasteiger partial charge in [0.25, 0.3) is 0 Å². The van der Waals surface area contributed by atoms with Gasteiger partial charge in [0.2, 0.25) is 5.95 Å². The standard InChI is InChI=1S/C24H33ClN6O2/c1-31(2)22-18-6-4-5-7-19(18)28-23(30-22)26-16-9-11-17(12-10-16)27-24(32)29-20-14-15(25)8-13-21(20)33-3/h8,13-14,16-17H,4-7,9-12H2,1-3H3,(H,26,28,30)(H2,27,29,32). The zero-order valence-corrected chi connectivity index (χ0v) is 20.3. The third-order valence-corrected chi connectivity index (χ3v) is 6.63. The number of halogens is 1. The predicted octanol–water partition coefficient (Wildman–Crippen LogP) is 4.63. The maximum absolute atomic E-state index is 12.5. The highest BCUT2D eigenvalue weighted by atomic mass is 35.5. The number of methoxy groups -OCH3 is 1. The zero-order chi connectivity index (χ0) is 23.4. The van der Waals surface area contributed by atoms with Gasteiger partial charge in [-0.25, -0.2) is 9.78 Å². The molecule has 0 atom stereocenters. The van der Waals surface area contributed by atoms with Crippen LogP contribution in [0.5, 0.6) is 5.75 Å². The second-order valence-electron chi connectivity index (χ2n) is 9.03. The molecule has 0 unspecified atom stereocenters. The summed E-state index contributed by atoms with van der Waals surface area (Å²) < 4.78 is 5.30. The molecule has 2 aromatic rings. The number of rotatable bonds is 6. The maximum Gasteiger partial charge on any atom is 0.319 e. The summed E-state index contributed by atoms with van der Waals surface area (Å²) in [6, 6.07) is 5.32. The Balaban J connectivity index is 1.31. The predicted molar refractivity (Wildman–Crippen MR) is 133 cm³/mol. The average molecular weight is 473 g/mol. The number of ether oxygens (including phenoxy) is 1. The van der Waals surface area contributed by atoms with Crippen molar-refractivity contribution in [2.75, 3.05) is 36.7 Å². The number of fused-ring (bicyclic) bond motifs is 1. The number of benzene rings is 1. The van der Waals surface area contributed by atoms with Crippen molar-refractivity contribution in [3.05, 3.63) is 34.5 Å². The zero-order valence-electron chi connectivity index (χ0n) is 19.6. The quantitative estimate of drug-likeness (QED) is 0.567. The van der Waals surface area contributed by atoms with Crippen molar-refractivity contribution in [1.29, 1.82) is 0 Å². The van der Waals surface area contributed by atoms with Crippen molar-refractivity contribution in [3.63, 3.8) is 0 Å². The first kappa shape index (κ1) is 23.4. The molecule has 1 fully saturated rings. The van der Waals surface area contributed by atoms with Crippen LogP contribution in [0.3, 0.4) is 0 Å². The smallest absolute Gasteiger partial charge is 0.319 e. The molecule has 1 saturated carbocycles. The lowest BCUT2D eigenvalue weighted by atomic mass is 9.91. The van der Waals surface area contributed by atoms with Crippen LogP contribution < -0.4 is 25.6 Å². The number of aryl methyl sites for hydroxylation is 1. The molecule has 0 spiro atoms. The van der Waals surface area contributed by atoms with Crippen molar-refractivity contribution in [2.45, 2.75) is 63.5 Å². The lowest BCUT2D eigenvalue weighted by Crippen LogP contribution is -2.42. The number of hydrogen-bond donors (Lipinski definition) is 3. The summed E-state index contributed by atoms with van der Waals surface area (Å²) in [4.78, 5) is 24.3. The summed E-state index contributed by atoms with van der Waals surface area (Å²) in [5.74, 6) is 2.33. The van der Waals surface area contributed by atoms with E-state index >= 15 is 0 Å². The van der Waals surface area contributed by atoms with Crippen molar-refractivity contribution in [2.24, 2.45) is 0 Å². The van der Waals surface area contributed by atoms with E-state index in [4.69, 9.17) is 26.3 Å². The lowest BCUT2D eigenvalue weighted by Gasteiger charge is -2.30. The van der Waals surface area contributed by atoms with Gasteiger partial charge in [0.1, 0.15) is 11.6 Å². The Kier molecular flexibility index (Phi) is 7.42. The van der Waals surface area contributed by atoms with E-state index in [0.29, 0.717) is 22.5 Å². The third-order valence-electron chi connectivity index (χ3n) is 6.39. The van der Waals surface area contributed by atoms with Gasteiger partial charge in [-0.2, -0.15) is 4.98 Å². The fourth-order valence-electron chi connectivity index (χ4n) is 4.70. The van der Waals surface area contributed by atoms with Gasteiger partial charge in [0.15, 0.2) is 0 Å². The molecular formula is C24H33ClN6O2. The number of carbonyl (C=O) groups is 1. The fourth-order valence-corrected chi connectivity index (χ4v) is 4.87. The average Bonchev–Trinajstić information content (AvgIpc) is 2.80. The molecule has 2 aliphatic carbocycles. The van der Waals surface area contributed by atoms with Crippen LogP contribution in [0, 0.1) is 0 Å². The van der Waals surface area contributed by atoms with E-state index in [1.165, 1.54) is 24.1 Å². The van der Waals surface area contributed by atoms with Crippen molar-refractivity contribution in [3.8, 4) is 5.75 Å². The van der Waals surface area contributed by atoms with Gasteiger partial charge >= 0.3 is 6.03 Å². The van der Waals surface area contributed by atoms with Gasteiger partial charge in [0, 0.05) is 36.8 Å². The van der Waals surface area contributed by atoms with Gasteiger partial charge < -0.3 is 25.6 Å². The molecule has 0 radical (unpaired) electrons. The lowest BCUT2D eigenvalue weighted by molar-refractivity contribution is 0.243. The Hall–Kier alpha value is -2.74. The summed E-state index contributed by atoms with van der Waals surface area (Å²) in [6.45, 7) is 0. The SMILES string of the molecule is COc1ccc(Cl)cc1NC(=O)NC1CCC(Nc2nc3c(c(N(C)C)n2)CCCC3)CC1. The number of amides is 2. The number of carbonyl (C=O) groups excluding carboxylic acids is 1. The number of nitrogens with one attached hydrogen (secondary N) is 3. The summed E-state index contributed by atoms with van der Waals surface area (Å²) >= 11 is 6.05. The first-order valence-corrected chi connectivity index (χ1v) is 12.1. The minimum atomic E-state index is -0.249. The summed E-state index contributed by atoms with van der Waals surface area (Å²) in [5, 5.41) is 10.0. The second kappa shape index (κ2) is 10.5. The van der Waals surface area contributed by atoms with Crippen molar-refractivity contribution in [1.82, 2.24) is 15.3 Å². The molecule has 8 nitrogen and oxygen atoms in total. The highest BCUT2D eigenvalue weighted by Crippen LogP contribution is 2.30. The van der Waals surface area contributed by atoms with E-state index in [-0.39, 0.29) is 12.1 Å². The molecule has 3 N–H and O–H groups in total. The van der Waals surface area contributed by atoms with Crippen LogP contribution in [-0.4, -0.2) is 49.3 Å². The summed E-state index contributed by atoms with van der Waals surface area (Å²) in [6.07, 6.45) is 8.16. The first-order chi connectivity index (χ1) is 15.9. The monoisotopic (exact) mass is 472 g/mol. The summed E-state index contributed by atoms with van der Waals surface area (Å²) in [7, 11) is 5.65. The van der Waals surface area contributed by atoms with Crippen LogP contribution in [0.4, 0.5) is 22.2 Å². The Morgan fingerprint density at radius 1 is 1.09 bits per heavy atom. The minimum Gasteiger partial charge on any atom is -0.495 e. The van der Waals surface area contributed by atoms with Crippen LogP contribution in [0.25, 0.3) is 0 Å².